The average Bonchev–Trinajstić information content (AvgIpc) is 3.07. The molecule has 2 heterocycles. The number of carboxylic acids is 1. The second kappa shape index (κ2) is 7.51. The zero-order chi connectivity index (χ0) is 17.9. The van der Waals surface area contributed by atoms with E-state index in [9.17, 15) is 24.9 Å². The highest BCUT2D eigenvalue weighted by Gasteiger charge is 2.45. The van der Waals surface area contributed by atoms with Crippen LogP contribution in [0.3, 0.4) is 0 Å². The molecule has 1 amide bonds. The minimum Gasteiger partial charge on any atom is -0.478 e. The SMILES string of the molecule is CC(=O)N[C@H]1[C@H]([C@H](O)[C@H](O)CO)OC(C(=O)O)=C[C@@H]1C1=NCC=N1. The van der Waals surface area contributed by atoms with Gasteiger partial charge in [0.05, 0.1) is 25.1 Å². The molecule has 0 aromatic heterocycles. The van der Waals surface area contributed by atoms with Crippen molar-refractivity contribution < 1.29 is 34.8 Å². The Morgan fingerprint density at radius 2 is 2.17 bits per heavy atom. The normalized spacial score (nSPS) is 28.4. The van der Waals surface area contributed by atoms with E-state index in [4.69, 9.17) is 9.84 Å². The molecule has 0 radical (unpaired) electrons. The van der Waals surface area contributed by atoms with Crippen LogP contribution >= 0.6 is 0 Å². The molecule has 0 fully saturated rings. The van der Waals surface area contributed by atoms with Crippen molar-refractivity contribution in [3.05, 3.63) is 11.8 Å². The third-order valence-electron chi connectivity index (χ3n) is 3.69. The van der Waals surface area contributed by atoms with Crippen LogP contribution in [0.5, 0.6) is 0 Å². The number of amidine groups is 1. The lowest BCUT2D eigenvalue weighted by Crippen LogP contribution is -2.59. The van der Waals surface area contributed by atoms with E-state index in [1.54, 1.807) is 0 Å². The van der Waals surface area contributed by atoms with E-state index in [1.807, 2.05) is 0 Å². The van der Waals surface area contributed by atoms with Gasteiger partial charge in [-0.2, -0.15) is 0 Å². The van der Waals surface area contributed by atoms with Crippen molar-refractivity contribution in [2.24, 2.45) is 15.9 Å². The molecule has 132 valence electrons. The third-order valence-corrected chi connectivity index (χ3v) is 3.69. The number of carbonyl (C=O) groups is 2. The van der Waals surface area contributed by atoms with E-state index in [-0.39, 0.29) is 5.84 Å². The fourth-order valence-corrected chi connectivity index (χ4v) is 2.60. The summed E-state index contributed by atoms with van der Waals surface area (Å²) in [5, 5.41) is 40.7. The van der Waals surface area contributed by atoms with Crippen molar-refractivity contribution in [3.8, 4) is 0 Å². The van der Waals surface area contributed by atoms with Crippen LogP contribution in [-0.2, 0) is 14.3 Å². The highest BCUT2D eigenvalue weighted by Crippen LogP contribution is 2.28. The number of aliphatic hydroxyl groups excluding tert-OH is 3. The molecule has 0 spiro atoms. The van der Waals surface area contributed by atoms with Crippen LogP contribution in [-0.4, -0.2) is 81.9 Å². The van der Waals surface area contributed by atoms with E-state index >= 15 is 0 Å². The number of amides is 1. The predicted molar refractivity (Wildman–Crippen MR) is 81.6 cm³/mol. The highest BCUT2D eigenvalue weighted by molar-refractivity contribution is 5.99. The lowest BCUT2D eigenvalue weighted by molar-refractivity contribution is -0.146. The standard InChI is InChI=1S/C14H19N3O7/c1-6(19)17-10-7(13-15-2-3-16-13)4-9(14(22)23)24-12(10)11(21)8(20)5-18/h2,4,7-8,10-12,18,20-21H,3,5H2,1H3,(H,17,19)(H,22,23)/t7-,8+,10+,11+,12+/m0/s1. The Morgan fingerprint density at radius 3 is 2.67 bits per heavy atom. The molecule has 2 rings (SSSR count). The average molecular weight is 341 g/mol. The first kappa shape index (κ1) is 18.0. The molecule has 0 aromatic carbocycles. The number of nitrogens with zero attached hydrogens (tertiary/aromatic N) is 2. The number of carbonyl (C=O) groups excluding carboxylic acids is 1. The molecular weight excluding hydrogens is 322 g/mol. The summed E-state index contributed by atoms with van der Waals surface area (Å²) >= 11 is 0. The Bertz CT molecular complexity index is 601. The number of aliphatic hydroxyl groups is 3. The molecule has 2 aliphatic rings. The van der Waals surface area contributed by atoms with Crippen LogP contribution in [0.1, 0.15) is 6.92 Å². The summed E-state index contributed by atoms with van der Waals surface area (Å²) < 4.78 is 5.25. The molecular formula is C14H19N3O7. The van der Waals surface area contributed by atoms with Crippen LogP contribution in [0.4, 0.5) is 0 Å². The fraction of sp³-hybridized carbons (Fsp3) is 0.571. The second-order valence-electron chi connectivity index (χ2n) is 5.42. The summed E-state index contributed by atoms with van der Waals surface area (Å²) in [5.74, 6) is -2.76. The molecule has 5 atom stereocenters. The number of nitrogens with one attached hydrogen (secondary N) is 1. The maximum atomic E-state index is 11.5. The maximum Gasteiger partial charge on any atom is 0.370 e. The first-order valence-electron chi connectivity index (χ1n) is 7.28. The van der Waals surface area contributed by atoms with Crippen molar-refractivity contribution >= 4 is 23.9 Å². The minimum atomic E-state index is -1.64. The molecule has 0 saturated carbocycles. The minimum absolute atomic E-state index is 0.284. The first-order chi connectivity index (χ1) is 11.3. The molecule has 10 heteroatoms. The van der Waals surface area contributed by atoms with E-state index < -0.39 is 54.5 Å². The van der Waals surface area contributed by atoms with Gasteiger partial charge in [0.1, 0.15) is 24.1 Å². The monoisotopic (exact) mass is 341 g/mol. The van der Waals surface area contributed by atoms with Gasteiger partial charge in [0, 0.05) is 13.1 Å². The predicted octanol–water partition coefficient (Wildman–Crippen LogP) is -2.33. The molecule has 0 aromatic rings. The van der Waals surface area contributed by atoms with Gasteiger partial charge in [-0.3, -0.25) is 9.79 Å². The molecule has 0 saturated heterocycles. The van der Waals surface area contributed by atoms with Crippen molar-refractivity contribution in [2.45, 2.75) is 31.3 Å². The van der Waals surface area contributed by atoms with E-state index in [2.05, 4.69) is 15.3 Å². The van der Waals surface area contributed by atoms with Crippen molar-refractivity contribution in [1.82, 2.24) is 5.32 Å². The number of hydrogen-bond acceptors (Lipinski definition) is 8. The fourth-order valence-electron chi connectivity index (χ4n) is 2.60. The molecule has 24 heavy (non-hydrogen) atoms. The van der Waals surface area contributed by atoms with Gasteiger partial charge < -0.3 is 30.5 Å². The van der Waals surface area contributed by atoms with E-state index in [1.165, 1.54) is 19.2 Å². The zero-order valence-electron chi connectivity index (χ0n) is 12.9. The van der Waals surface area contributed by atoms with Gasteiger partial charge in [-0.25, -0.2) is 9.79 Å². The third kappa shape index (κ3) is 3.78. The van der Waals surface area contributed by atoms with Crippen molar-refractivity contribution in [1.29, 1.82) is 0 Å². The highest BCUT2D eigenvalue weighted by atomic mass is 16.5. The van der Waals surface area contributed by atoms with Gasteiger partial charge in [0.15, 0.2) is 0 Å². The van der Waals surface area contributed by atoms with Gasteiger partial charge in [-0.15, -0.1) is 0 Å². The Balaban J connectivity index is 2.43. The van der Waals surface area contributed by atoms with Crippen molar-refractivity contribution in [2.75, 3.05) is 13.2 Å². The van der Waals surface area contributed by atoms with E-state index in [0.717, 1.165) is 0 Å². The number of carboxylic acid groups (broad SMARTS) is 1. The van der Waals surface area contributed by atoms with Crippen LogP contribution in [0, 0.1) is 5.92 Å². The topological polar surface area (TPSA) is 161 Å². The first-order valence-corrected chi connectivity index (χ1v) is 7.28. The van der Waals surface area contributed by atoms with Gasteiger partial charge in [-0.05, 0) is 6.08 Å². The summed E-state index contributed by atoms with van der Waals surface area (Å²) in [5.41, 5.74) is 0. The number of hydrogen-bond donors (Lipinski definition) is 5. The maximum absolute atomic E-state index is 11.5. The molecule has 0 aliphatic carbocycles. The van der Waals surface area contributed by atoms with E-state index in [0.29, 0.717) is 6.54 Å². The Hall–Kier alpha value is -2.30. The Kier molecular flexibility index (Phi) is 5.65. The van der Waals surface area contributed by atoms with Gasteiger partial charge in [0.2, 0.25) is 11.7 Å². The number of aliphatic imine (C=N–C) groups is 2. The van der Waals surface area contributed by atoms with Gasteiger partial charge >= 0.3 is 5.97 Å². The lowest BCUT2D eigenvalue weighted by Gasteiger charge is -2.39. The Morgan fingerprint density at radius 1 is 1.46 bits per heavy atom. The Labute approximate surface area is 137 Å². The van der Waals surface area contributed by atoms with Crippen LogP contribution < -0.4 is 5.32 Å². The number of rotatable bonds is 6. The molecule has 10 nitrogen and oxygen atoms in total. The summed E-state index contributed by atoms with van der Waals surface area (Å²) in [6, 6.07) is -0.921. The van der Waals surface area contributed by atoms with Gasteiger partial charge in [0.25, 0.3) is 0 Å². The number of aliphatic carboxylic acids is 1. The lowest BCUT2D eigenvalue weighted by atomic mass is 9.86. The summed E-state index contributed by atoms with van der Waals surface area (Å²) in [7, 11) is 0. The number of ether oxygens (including phenoxy) is 1. The quantitative estimate of drug-likeness (QED) is 0.362. The summed E-state index contributed by atoms with van der Waals surface area (Å²) in [4.78, 5) is 31.0. The molecule has 0 bridgehead atoms. The molecule has 2 aliphatic heterocycles. The molecule has 5 N–H and O–H groups in total. The largest absolute Gasteiger partial charge is 0.478 e. The summed E-state index contributed by atoms with van der Waals surface area (Å²) in [6.45, 7) is 0.811. The zero-order valence-corrected chi connectivity index (χ0v) is 12.9. The summed E-state index contributed by atoms with van der Waals surface area (Å²) in [6.07, 6.45) is -1.75. The smallest absolute Gasteiger partial charge is 0.370 e. The van der Waals surface area contributed by atoms with Crippen LogP contribution in [0.2, 0.25) is 0 Å². The van der Waals surface area contributed by atoms with Crippen molar-refractivity contribution in [3.63, 3.8) is 0 Å². The van der Waals surface area contributed by atoms with Gasteiger partial charge in [-0.1, -0.05) is 0 Å². The molecule has 0 unspecified atom stereocenters. The second-order valence-corrected chi connectivity index (χ2v) is 5.42. The van der Waals surface area contributed by atoms with Crippen LogP contribution in [0.25, 0.3) is 0 Å². The van der Waals surface area contributed by atoms with Crippen LogP contribution in [0.15, 0.2) is 21.8 Å².